The first-order chi connectivity index (χ1) is 13.0. The highest BCUT2D eigenvalue weighted by Gasteiger charge is 2.16. The molecular formula is C18H15ClFN3O3S. The minimum atomic E-state index is -0.429. The number of amides is 1. The van der Waals surface area contributed by atoms with Crippen molar-refractivity contribution in [1.82, 2.24) is 5.32 Å². The number of nitrogens with zero attached hydrogens (tertiary/aromatic N) is 2. The summed E-state index contributed by atoms with van der Waals surface area (Å²) in [5, 5.41) is 11.2. The Morgan fingerprint density at radius 3 is 2.81 bits per heavy atom. The second kappa shape index (κ2) is 8.88. The van der Waals surface area contributed by atoms with Crippen LogP contribution in [0.2, 0.25) is 5.02 Å². The van der Waals surface area contributed by atoms with E-state index in [2.05, 4.69) is 15.5 Å². The second-order valence-electron chi connectivity index (χ2n) is 5.42. The highest BCUT2D eigenvalue weighted by atomic mass is 35.5. The van der Waals surface area contributed by atoms with Gasteiger partial charge in [-0.15, -0.1) is 5.10 Å². The van der Waals surface area contributed by atoms with E-state index in [0.717, 1.165) is 11.1 Å². The van der Waals surface area contributed by atoms with Gasteiger partial charge in [-0.3, -0.25) is 4.79 Å². The van der Waals surface area contributed by atoms with Crippen molar-refractivity contribution >= 4 is 40.7 Å². The Morgan fingerprint density at radius 2 is 2.11 bits per heavy atom. The Labute approximate surface area is 164 Å². The van der Waals surface area contributed by atoms with Crippen molar-refractivity contribution < 1.29 is 18.7 Å². The third kappa shape index (κ3) is 5.21. The number of rotatable bonds is 6. The third-order valence-corrected chi connectivity index (χ3v) is 4.68. The molecule has 1 aliphatic heterocycles. The molecule has 1 amide bonds. The van der Waals surface area contributed by atoms with Crippen molar-refractivity contribution in [3.63, 3.8) is 0 Å². The number of methoxy groups -OCH3 is 1. The Balaban J connectivity index is 1.72. The Hall–Kier alpha value is -2.58. The molecule has 0 saturated carbocycles. The van der Waals surface area contributed by atoms with E-state index in [0.29, 0.717) is 22.4 Å². The van der Waals surface area contributed by atoms with E-state index in [1.54, 1.807) is 19.4 Å². The maximum Gasteiger partial charge on any atom is 0.236 e. The molecule has 0 aromatic heterocycles. The monoisotopic (exact) mass is 407 g/mol. The van der Waals surface area contributed by atoms with E-state index in [4.69, 9.17) is 21.1 Å². The minimum absolute atomic E-state index is 0.0858. The second-order valence-corrected chi connectivity index (χ2v) is 6.79. The molecule has 0 unspecified atom stereocenters. The summed E-state index contributed by atoms with van der Waals surface area (Å²) in [6.07, 6.45) is 1.56. The molecule has 0 atom stereocenters. The number of benzene rings is 2. The third-order valence-electron chi connectivity index (χ3n) is 3.52. The van der Waals surface area contributed by atoms with Gasteiger partial charge in [0.1, 0.15) is 23.9 Å². The molecule has 0 aliphatic carbocycles. The van der Waals surface area contributed by atoms with Crippen molar-refractivity contribution in [2.24, 2.45) is 10.2 Å². The van der Waals surface area contributed by atoms with E-state index in [1.807, 2.05) is 12.1 Å². The van der Waals surface area contributed by atoms with Crippen LogP contribution < -0.4 is 14.8 Å². The number of halogens is 2. The minimum Gasteiger partial charge on any atom is -0.496 e. The maximum absolute atomic E-state index is 13.1. The van der Waals surface area contributed by atoms with Crippen LogP contribution in [-0.2, 0) is 11.4 Å². The smallest absolute Gasteiger partial charge is 0.236 e. The van der Waals surface area contributed by atoms with Gasteiger partial charge in [0.15, 0.2) is 5.17 Å². The van der Waals surface area contributed by atoms with Crippen LogP contribution in [0.5, 0.6) is 11.5 Å². The van der Waals surface area contributed by atoms with E-state index in [1.165, 1.54) is 30.0 Å². The van der Waals surface area contributed by atoms with Crippen molar-refractivity contribution in [3.8, 4) is 11.5 Å². The lowest BCUT2D eigenvalue weighted by Gasteiger charge is -2.12. The summed E-state index contributed by atoms with van der Waals surface area (Å²) in [6, 6.07) is 9.37. The molecule has 1 heterocycles. The van der Waals surface area contributed by atoms with Gasteiger partial charge in [0.2, 0.25) is 5.91 Å². The summed E-state index contributed by atoms with van der Waals surface area (Å²) in [7, 11) is 1.56. The van der Waals surface area contributed by atoms with Gasteiger partial charge in [-0.25, -0.2) is 4.39 Å². The number of hydrogen-bond acceptors (Lipinski definition) is 6. The molecule has 1 saturated heterocycles. The van der Waals surface area contributed by atoms with Gasteiger partial charge < -0.3 is 14.8 Å². The van der Waals surface area contributed by atoms with Gasteiger partial charge in [0.05, 0.1) is 24.1 Å². The molecule has 140 valence electrons. The zero-order valence-electron chi connectivity index (χ0n) is 14.2. The summed E-state index contributed by atoms with van der Waals surface area (Å²) in [6.45, 7) is 0.177. The number of carbonyl (C=O) groups is 1. The molecular weight excluding hydrogens is 393 g/mol. The standard InChI is InChI=1S/C18H15ClFN3O3S/c1-25-15-4-2-11(8-21-23-18-22-17(24)10-27-18)6-12(15)9-26-16-5-3-13(20)7-14(16)19/h2-8H,9-10H2,1H3,(H,22,23,24). The van der Waals surface area contributed by atoms with Crippen LogP contribution in [-0.4, -0.2) is 30.2 Å². The number of ether oxygens (including phenoxy) is 2. The molecule has 9 heteroatoms. The van der Waals surface area contributed by atoms with Crippen molar-refractivity contribution in [2.75, 3.05) is 12.9 Å². The summed E-state index contributed by atoms with van der Waals surface area (Å²) >= 11 is 7.28. The number of amidine groups is 1. The summed E-state index contributed by atoms with van der Waals surface area (Å²) in [4.78, 5) is 11.1. The zero-order valence-corrected chi connectivity index (χ0v) is 15.8. The fourth-order valence-electron chi connectivity index (χ4n) is 2.27. The van der Waals surface area contributed by atoms with Crippen molar-refractivity contribution in [2.45, 2.75) is 6.61 Å². The first kappa shape index (κ1) is 19.2. The molecule has 1 N–H and O–H groups in total. The number of thioether (sulfide) groups is 1. The molecule has 0 radical (unpaired) electrons. The molecule has 6 nitrogen and oxygen atoms in total. The summed E-state index contributed by atoms with van der Waals surface area (Å²) in [5.41, 5.74) is 1.54. The van der Waals surface area contributed by atoms with Crippen molar-refractivity contribution in [3.05, 3.63) is 58.4 Å². The molecule has 0 spiro atoms. The Morgan fingerprint density at radius 1 is 1.30 bits per heavy atom. The van der Waals surface area contributed by atoms with E-state index < -0.39 is 5.82 Å². The lowest BCUT2D eigenvalue weighted by Crippen LogP contribution is -2.19. The summed E-state index contributed by atoms with van der Waals surface area (Å²) in [5.74, 6) is 0.846. The van der Waals surface area contributed by atoms with Crippen LogP contribution in [0.1, 0.15) is 11.1 Å². The first-order valence-corrected chi connectivity index (χ1v) is 9.20. The van der Waals surface area contributed by atoms with Crippen LogP contribution >= 0.6 is 23.4 Å². The topological polar surface area (TPSA) is 72.3 Å². The lowest BCUT2D eigenvalue weighted by molar-refractivity contribution is -0.116. The van der Waals surface area contributed by atoms with Crippen molar-refractivity contribution in [1.29, 1.82) is 0 Å². The normalized spacial score (nSPS) is 15.4. The average molecular weight is 408 g/mol. The van der Waals surface area contributed by atoms with Crippen LogP contribution in [0.15, 0.2) is 46.6 Å². The Kier molecular flexibility index (Phi) is 6.31. The molecule has 3 rings (SSSR count). The highest BCUT2D eigenvalue weighted by molar-refractivity contribution is 8.15. The molecule has 1 fully saturated rings. The van der Waals surface area contributed by atoms with Crippen LogP contribution in [0, 0.1) is 5.82 Å². The predicted octanol–water partition coefficient (Wildman–Crippen LogP) is 3.62. The quantitative estimate of drug-likeness (QED) is 0.586. The van der Waals surface area contributed by atoms with Gasteiger partial charge in [-0.05, 0) is 42.0 Å². The largest absolute Gasteiger partial charge is 0.496 e. The number of hydrogen-bond donors (Lipinski definition) is 1. The van der Waals surface area contributed by atoms with Gasteiger partial charge in [0.25, 0.3) is 0 Å². The molecule has 0 bridgehead atoms. The highest BCUT2D eigenvalue weighted by Crippen LogP contribution is 2.27. The number of nitrogens with one attached hydrogen (secondary N) is 1. The molecule has 27 heavy (non-hydrogen) atoms. The van der Waals surface area contributed by atoms with Gasteiger partial charge in [0, 0.05) is 5.56 Å². The van der Waals surface area contributed by atoms with E-state index in [9.17, 15) is 9.18 Å². The molecule has 1 aliphatic rings. The van der Waals surface area contributed by atoms with E-state index in [-0.39, 0.29) is 17.5 Å². The first-order valence-electron chi connectivity index (χ1n) is 7.83. The average Bonchev–Trinajstić information content (AvgIpc) is 3.06. The summed E-state index contributed by atoms with van der Waals surface area (Å²) < 4.78 is 24.1. The van der Waals surface area contributed by atoms with Crippen LogP contribution in [0.25, 0.3) is 0 Å². The zero-order chi connectivity index (χ0) is 19.2. The lowest BCUT2D eigenvalue weighted by atomic mass is 10.1. The van der Waals surface area contributed by atoms with Gasteiger partial charge >= 0.3 is 0 Å². The van der Waals surface area contributed by atoms with Crippen LogP contribution in [0.3, 0.4) is 0 Å². The number of carbonyl (C=O) groups excluding carboxylic acids is 1. The SMILES string of the molecule is COc1ccc(C=NN=C2NC(=O)CS2)cc1COc1ccc(F)cc1Cl. The molecule has 2 aromatic carbocycles. The van der Waals surface area contributed by atoms with Gasteiger partial charge in [-0.2, -0.15) is 5.10 Å². The maximum atomic E-state index is 13.1. The van der Waals surface area contributed by atoms with Crippen LogP contribution in [0.4, 0.5) is 4.39 Å². The van der Waals surface area contributed by atoms with E-state index >= 15 is 0 Å². The Bertz CT molecular complexity index is 921. The fourth-order valence-corrected chi connectivity index (χ4v) is 3.12. The predicted molar refractivity (Wildman–Crippen MR) is 104 cm³/mol. The molecule has 2 aromatic rings. The van der Waals surface area contributed by atoms with Gasteiger partial charge in [-0.1, -0.05) is 23.4 Å². The fraction of sp³-hybridized carbons (Fsp3) is 0.167.